The molecule has 21 heavy (non-hydrogen) atoms. The van der Waals surface area contributed by atoms with Gasteiger partial charge < -0.3 is 19.9 Å². The molecule has 2 N–H and O–H groups in total. The maximum absolute atomic E-state index is 11.5. The van der Waals surface area contributed by atoms with Crippen molar-refractivity contribution < 1.29 is 19.4 Å². The van der Waals surface area contributed by atoms with Crippen LogP contribution in [0.25, 0.3) is 6.08 Å². The predicted molar refractivity (Wildman–Crippen MR) is 82.4 cm³/mol. The van der Waals surface area contributed by atoms with Gasteiger partial charge >= 0.3 is 0 Å². The summed E-state index contributed by atoms with van der Waals surface area (Å²) >= 11 is 0. The minimum Gasteiger partial charge on any atom is -0.493 e. The average Bonchev–Trinajstić information content (AvgIpc) is 2.51. The number of benzene rings is 1. The summed E-state index contributed by atoms with van der Waals surface area (Å²) in [6, 6.07) is 5.40. The first-order valence-electron chi connectivity index (χ1n) is 6.69. The molecule has 1 aromatic carbocycles. The molecule has 0 aliphatic carbocycles. The van der Waals surface area contributed by atoms with Gasteiger partial charge in [-0.25, -0.2) is 0 Å². The van der Waals surface area contributed by atoms with Crippen molar-refractivity contribution in [3.8, 4) is 11.5 Å². The fourth-order valence-corrected chi connectivity index (χ4v) is 1.58. The summed E-state index contributed by atoms with van der Waals surface area (Å²) in [5.74, 6) is 1.02. The van der Waals surface area contributed by atoms with Crippen LogP contribution in [0.3, 0.4) is 0 Å². The standard InChI is InChI=1S/C16H21NO4/c1-3-11-21-14-7-5-13(12-15(14)20-2)6-8-16(19)17-9-4-10-18/h3,5-8,12,18H,1,4,9-11H2,2H3,(H,17,19)/b8-6+. The van der Waals surface area contributed by atoms with Crippen molar-refractivity contribution in [2.45, 2.75) is 6.42 Å². The Kier molecular flexibility index (Phi) is 7.68. The molecule has 0 atom stereocenters. The van der Waals surface area contributed by atoms with Crippen molar-refractivity contribution in [3.63, 3.8) is 0 Å². The van der Waals surface area contributed by atoms with E-state index in [1.807, 2.05) is 6.07 Å². The number of carbonyl (C=O) groups is 1. The summed E-state index contributed by atoms with van der Waals surface area (Å²) in [5.41, 5.74) is 0.829. The van der Waals surface area contributed by atoms with Crippen LogP contribution < -0.4 is 14.8 Å². The van der Waals surface area contributed by atoms with Crippen molar-refractivity contribution >= 4 is 12.0 Å². The summed E-state index contributed by atoms with van der Waals surface area (Å²) in [7, 11) is 1.56. The molecule has 114 valence electrons. The van der Waals surface area contributed by atoms with Gasteiger partial charge in [0.25, 0.3) is 0 Å². The van der Waals surface area contributed by atoms with E-state index in [-0.39, 0.29) is 12.5 Å². The molecular formula is C16H21NO4. The topological polar surface area (TPSA) is 67.8 Å². The third-order valence-electron chi connectivity index (χ3n) is 2.61. The highest BCUT2D eigenvalue weighted by molar-refractivity contribution is 5.91. The zero-order valence-corrected chi connectivity index (χ0v) is 12.2. The van der Waals surface area contributed by atoms with Crippen LogP contribution in [0.4, 0.5) is 0 Å². The first-order chi connectivity index (χ1) is 10.2. The number of hydrogen-bond donors (Lipinski definition) is 2. The molecule has 0 saturated heterocycles. The molecule has 0 radical (unpaired) electrons. The molecule has 0 heterocycles. The summed E-state index contributed by atoms with van der Waals surface area (Å²) < 4.78 is 10.7. The van der Waals surface area contributed by atoms with Crippen LogP contribution in [0.15, 0.2) is 36.9 Å². The van der Waals surface area contributed by atoms with Gasteiger partial charge in [0.15, 0.2) is 11.5 Å². The molecule has 5 nitrogen and oxygen atoms in total. The molecule has 0 aliphatic rings. The van der Waals surface area contributed by atoms with Crippen LogP contribution in [-0.2, 0) is 4.79 Å². The van der Waals surface area contributed by atoms with E-state index in [4.69, 9.17) is 14.6 Å². The number of methoxy groups -OCH3 is 1. The number of carbonyl (C=O) groups excluding carboxylic acids is 1. The lowest BCUT2D eigenvalue weighted by Crippen LogP contribution is -2.22. The highest BCUT2D eigenvalue weighted by Gasteiger charge is 2.04. The van der Waals surface area contributed by atoms with Crippen molar-refractivity contribution in [1.29, 1.82) is 0 Å². The number of rotatable bonds is 9. The smallest absolute Gasteiger partial charge is 0.244 e. The van der Waals surface area contributed by atoms with Gasteiger partial charge in [0, 0.05) is 19.2 Å². The fraction of sp³-hybridized carbons (Fsp3) is 0.312. The Morgan fingerprint density at radius 1 is 1.43 bits per heavy atom. The Morgan fingerprint density at radius 2 is 2.24 bits per heavy atom. The summed E-state index contributed by atoms with van der Waals surface area (Å²) in [5, 5.41) is 11.3. The summed E-state index contributed by atoms with van der Waals surface area (Å²) in [6.07, 6.45) is 5.33. The van der Waals surface area contributed by atoms with E-state index >= 15 is 0 Å². The van der Waals surface area contributed by atoms with Gasteiger partial charge in [-0.3, -0.25) is 4.79 Å². The lowest BCUT2D eigenvalue weighted by Gasteiger charge is -2.09. The van der Waals surface area contributed by atoms with E-state index in [2.05, 4.69) is 11.9 Å². The third kappa shape index (κ3) is 6.14. The van der Waals surface area contributed by atoms with Gasteiger partial charge in [-0.2, -0.15) is 0 Å². The highest BCUT2D eigenvalue weighted by Crippen LogP contribution is 2.28. The SMILES string of the molecule is C=CCOc1ccc(/C=C/C(=O)NCCCO)cc1OC. The summed E-state index contributed by atoms with van der Waals surface area (Å²) in [4.78, 5) is 11.5. The molecule has 1 amide bonds. The van der Waals surface area contributed by atoms with E-state index in [0.717, 1.165) is 5.56 Å². The molecule has 0 fully saturated rings. The maximum Gasteiger partial charge on any atom is 0.244 e. The summed E-state index contributed by atoms with van der Waals surface area (Å²) in [6.45, 7) is 4.51. The van der Waals surface area contributed by atoms with Crippen LogP contribution in [0, 0.1) is 0 Å². The second-order valence-electron chi connectivity index (χ2n) is 4.21. The van der Waals surface area contributed by atoms with Gasteiger partial charge in [-0.05, 0) is 30.2 Å². The Morgan fingerprint density at radius 3 is 2.90 bits per heavy atom. The van der Waals surface area contributed by atoms with Gasteiger partial charge in [-0.15, -0.1) is 0 Å². The molecular weight excluding hydrogens is 270 g/mol. The molecule has 1 aromatic rings. The monoisotopic (exact) mass is 291 g/mol. The zero-order valence-electron chi connectivity index (χ0n) is 12.2. The molecule has 0 unspecified atom stereocenters. The van der Waals surface area contributed by atoms with Gasteiger partial charge in [-0.1, -0.05) is 18.7 Å². The second kappa shape index (κ2) is 9.61. The number of hydrogen-bond acceptors (Lipinski definition) is 4. The van der Waals surface area contributed by atoms with E-state index in [0.29, 0.717) is 31.1 Å². The fourth-order valence-electron chi connectivity index (χ4n) is 1.58. The quantitative estimate of drug-likeness (QED) is 0.413. The number of aliphatic hydroxyl groups is 1. The Bertz CT molecular complexity index is 497. The lowest BCUT2D eigenvalue weighted by atomic mass is 10.2. The average molecular weight is 291 g/mol. The third-order valence-corrected chi connectivity index (χ3v) is 2.61. The highest BCUT2D eigenvalue weighted by atomic mass is 16.5. The van der Waals surface area contributed by atoms with Crippen LogP contribution in [0.1, 0.15) is 12.0 Å². The van der Waals surface area contributed by atoms with Crippen LogP contribution >= 0.6 is 0 Å². The molecule has 0 saturated carbocycles. The molecule has 0 bridgehead atoms. The molecule has 5 heteroatoms. The first-order valence-corrected chi connectivity index (χ1v) is 6.69. The molecule has 0 spiro atoms. The van der Waals surface area contributed by atoms with Gasteiger partial charge in [0.2, 0.25) is 5.91 Å². The number of amides is 1. The van der Waals surface area contributed by atoms with Crippen LogP contribution in [0.5, 0.6) is 11.5 Å². The van der Waals surface area contributed by atoms with Crippen molar-refractivity contribution in [1.82, 2.24) is 5.32 Å². The maximum atomic E-state index is 11.5. The number of aliphatic hydroxyl groups excluding tert-OH is 1. The Labute approximate surface area is 124 Å². The second-order valence-corrected chi connectivity index (χ2v) is 4.21. The predicted octanol–water partition coefficient (Wildman–Crippen LogP) is 1.77. The Balaban J connectivity index is 2.66. The van der Waals surface area contributed by atoms with Crippen molar-refractivity contribution in [3.05, 3.63) is 42.5 Å². The molecule has 0 aromatic heterocycles. The van der Waals surface area contributed by atoms with E-state index in [1.165, 1.54) is 6.08 Å². The molecule has 1 rings (SSSR count). The van der Waals surface area contributed by atoms with E-state index in [1.54, 1.807) is 31.4 Å². The van der Waals surface area contributed by atoms with Gasteiger partial charge in [0.1, 0.15) is 6.61 Å². The minimum absolute atomic E-state index is 0.0629. The van der Waals surface area contributed by atoms with Crippen molar-refractivity contribution in [2.24, 2.45) is 0 Å². The normalized spacial score (nSPS) is 10.4. The largest absolute Gasteiger partial charge is 0.493 e. The van der Waals surface area contributed by atoms with Crippen molar-refractivity contribution in [2.75, 3.05) is 26.9 Å². The zero-order chi connectivity index (χ0) is 15.5. The van der Waals surface area contributed by atoms with Crippen LogP contribution in [0.2, 0.25) is 0 Å². The molecule has 0 aliphatic heterocycles. The Hall–Kier alpha value is -2.27. The minimum atomic E-state index is -0.200. The van der Waals surface area contributed by atoms with E-state index in [9.17, 15) is 4.79 Å². The number of ether oxygens (including phenoxy) is 2. The lowest BCUT2D eigenvalue weighted by molar-refractivity contribution is -0.116. The van der Waals surface area contributed by atoms with Gasteiger partial charge in [0.05, 0.1) is 7.11 Å². The first kappa shape index (κ1) is 16.8. The van der Waals surface area contributed by atoms with E-state index < -0.39 is 0 Å². The van der Waals surface area contributed by atoms with Crippen LogP contribution in [-0.4, -0.2) is 37.9 Å². The number of nitrogens with one attached hydrogen (secondary N) is 1.